The molecule has 1 aromatic carbocycles. The van der Waals surface area contributed by atoms with E-state index in [4.69, 9.17) is 0 Å². The van der Waals surface area contributed by atoms with Gasteiger partial charge in [0.05, 0.1) is 12.2 Å². The predicted molar refractivity (Wildman–Crippen MR) is 114 cm³/mol. The summed E-state index contributed by atoms with van der Waals surface area (Å²) in [6, 6.07) is 9.46. The van der Waals surface area contributed by atoms with E-state index in [0.29, 0.717) is 14.6 Å². The van der Waals surface area contributed by atoms with Crippen LogP contribution in [0.5, 0.6) is 0 Å². The molecule has 0 aliphatic heterocycles. The van der Waals surface area contributed by atoms with Crippen molar-refractivity contribution in [3.8, 4) is 0 Å². The van der Waals surface area contributed by atoms with Crippen LogP contribution < -0.4 is 10.6 Å². The minimum Gasteiger partial charge on any atom is -0.300 e. The molecule has 0 aliphatic carbocycles. The summed E-state index contributed by atoms with van der Waals surface area (Å²) in [7, 11) is 0. The Morgan fingerprint density at radius 3 is 2.14 bits per heavy atom. The third-order valence-corrected chi connectivity index (χ3v) is 6.93. The van der Waals surface area contributed by atoms with Crippen LogP contribution in [0.3, 0.4) is 0 Å². The van der Waals surface area contributed by atoms with Crippen LogP contribution in [0.15, 0.2) is 39.0 Å². The molecule has 0 bridgehead atoms. The zero-order chi connectivity index (χ0) is 19.8. The number of hydrogen-bond donors (Lipinski definition) is 2. The summed E-state index contributed by atoms with van der Waals surface area (Å²) in [4.78, 5) is 24.1. The van der Waals surface area contributed by atoms with Crippen LogP contribution in [0.25, 0.3) is 0 Å². The number of carbonyl (C=O) groups is 2. The first-order valence-corrected chi connectivity index (χ1v) is 11.8. The maximum absolute atomic E-state index is 12.1. The maximum atomic E-state index is 12.1. The van der Waals surface area contributed by atoms with Crippen LogP contribution in [0.2, 0.25) is 0 Å². The number of thioether (sulfide) groups is 2. The summed E-state index contributed by atoms with van der Waals surface area (Å²) < 4.78 is 1.43. The van der Waals surface area contributed by atoms with Crippen molar-refractivity contribution in [1.29, 1.82) is 0 Å². The lowest BCUT2D eigenvalue weighted by Gasteiger charge is -2.00. The van der Waals surface area contributed by atoms with Gasteiger partial charge in [-0.2, -0.15) is 0 Å². The minimum atomic E-state index is -0.195. The van der Waals surface area contributed by atoms with E-state index in [1.807, 2.05) is 37.3 Å². The van der Waals surface area contributed by atoms with Crippen LogP contribution >= 0.6 is 46.2 Å². The third kappa shape index (κ3) is 6.55. The Balaban J connectivity index is 1.43. The van der Waals surface area contributed by atoms with E-state index in [1.165, 1.54) is 34.4 Å². The van der Waals surface area contributed by atoms with E-state index in [9.17, 15) is 9.59 Å². The van der Waals surface area contributed by atoms with Gasteiger partial charge < -0.3 is 5.32 Å². The van der Waals surface area contributed by atoms with Gasteiger partial charge in [-0.25, -0.2) is 0 Å². The summed E-state index contributed by atoms with van der Waals surface area (Å²) in [6.45, 7) is 2.03. The largest absolute Gasteiger partial charge is 0.300 e. The van der Waals surface area contributed by atoms with E-state index in [-0.39, 0.29) is 24.0 Å². The fraction of sp³-hybridized carbons (Fsp3) is 0.250. The fourth-order valence-electron chi connectivity index (χ4n) is 1.99. The lowest BCUT2D eigenvalue weighted by molar-refractivity contribution is -0.115. The number of carbonyl (C=O) groups excluding carboxylic acids is 2. The molecule has 3 rings (SSSR count). The van der Waals surface area contributed by atoms with Crippen molar-refractivity contribution in [3.63, 3.8) is 0 Å². The highest BCUT2D eigenvalue weighted by molar-refractivity contribution is 8.01. The number of hydrogen-bond acceptors (Lipinski definition) is 10. The molecule has 0 fully saturated rings. The van der Waals surface area contributed by atoms with Gasteiger partial charge >= 0.3 is 0 Å². The Morgan fingerprint density at radius 1 is 0.893 bits per heavy atom. The molecule has 146 valence electrons. The van der Waals surface area contributed by atoms with E-state index in [1.54, 1.807) is 11.8 Å². The Morgan fingerprint density at radius 2 is 1.50 bits per heavy atom. The second-order valence-corrected chi connectivity index (χ2v) is 9.92. The number of anilines is 2. The number of benzene rings is 1. The average Bonchev–Trinajstić information content (AvgIpc) is 3.30. The molecular weight excluding hydrogens is 436 g/mol. The monoisotopic (exact) mass is 452 g/mol. The van der Waals surface area contributed by atoms with E-state index in [2.05, 4.69) is 31.0 Å². The third-order valence-electron chi connectivity index (χ3n) is 3.11. The SMILES string of the molecule is CCSc1nnc(NC(=O)CSc2nnc(NC(=O)Cc3ccccc3)s2)s1. The van der Waals surface area contributed by atoms with Gasteiger partial charge in [-0.15, -0.1) is 20.4 Å². The smallest absolute Gasteiger partial charge is 0.236 e. The second kappa shape index (κ2) is 10.5. The molecule has 0 radical (unpaired) electrons. The van der Waals surface area contributed by atoms with Crippen molar-refractivity contribution in [1.82, 2.24) is 20.4 Å². The second-order valence-electron chi connectivity index (χ2n) is 5.23. The zero-order valence-corrected chi connectivity index (χ0v) is 18.0. The van der Waals surface area contributed by atoms with Gasteiger partial charge in [0.2, 0.25) is 22.1 Å². The van der Waals surface area contributed by atoms with Crippen LogP contribution in [-0.4, -0.2) is 43.7 Å². The molecule has 2 heterocycles. The molecule has 0 unspecified atom stereocenters. The molecule has 0 spiro atoms. The molecule has 12 heteroatoms. The lowest BCUT2D eigenvalue weighted by atomic mass is 10.1. The van der Waals surface area contributed by atoms with Crippen LogP contribution in [0.4, 0.5) is 10.3 Å². The quantitative estimate of drug-likeness (QED) is 0.375. The summed E-state index contributed by atoms with van der Waals surface area (Å²) >= 11 is 5.40. The molecule has 2 N–H and O–H groups in total. The van der Waals surface area contributed by atoms with Gasteiger partial charge in [0.1, 0.15) is 0 Å². The Bertz CT molecular complexity index is 930. The fourth-order valence-corrected chi connectivity index (χ4v) is 5.22. The summed E-state index contributed by atoms with van der Waals surface area (Å²) in [5, 5.41) is 22.2. The topological polar surface area (TPSA) is 110 Å². The number of aromatic nitrogens is 4. The van der Waals surface area contributed by atoms with Gasteiger partial charge in [-0.05, 0) is 11.3 Å². The summed E-state index contributed by atoms with van der Waals surface area (Å²) in [5.74, 6) is 0.718. The molecule has 3 aromatic rings. The maximum Gasteiger partial charge on any atom is 0.236 e. The van der Waals surface area contributed by atoms with Crippen molar-refractivity contribution in [2.75, 3.05) is 22.1 Å². The van der Waals surface area contributed by atoms with Gasteiger partial charge in [0.15, 0.2) is 8.68 Å². The highest BCUT2D eigenvalue weighted by Gasteiger charge is 2.12. The van der Waals surface area contributed by atoms with Gasteiger partial charge in [0, 0.05) is 0 Å². The number of nitrogens with one attached hydrogen (secondary N) is 2. The van der Waals surface area contributed by atoms with Crippen molar-refractivity contribution in [3.05, 3.63) is 35.9 Å². The van der Waals surface area contributed by atoms with Crippen LogP contribution in [0, 0.1) is 0 Å². The number of amides is 2. The molecule has 2 aromatic heterocycles. The molecule has 2 amide bonds. The molecule has 28 heavy (non-hydrogen) atoms. The van der Waals surface area contributed by atoms with Crippen molar-refractivity contribution < 1.29 is 9.59 Å². The zero-order valence-electron chi connectivity index (χ0n) is 14.7. The van der Waals surface area contributed by atoms with Crippen LogP contribution in [-0.2, 0) is 16.0 Å². The first-order chi connectivity index (χ1) is 13.6. The van der Waals surface area contributed by atoms with E-state index in [0.717, 1.165) is 15.7 Å². The normalized spacial score (nSPS) is 10.6. The highest BCUT2D eigenvalue weighted by atomic mass is 32.2. The molecular formula is C16H16N6O2S4. The predicted octanol–water partition coefficient (Wildman–Crippen LogP) is 3.41. The standard InChI is InChI=1S/C16H16N6O2S4/c1-2-25-15-21-20-14(27-15)18-12(24)9-26-16-22-19-13(28-16)17-11(23)8-10-6-4-3-5-7-10/h3-7H,2,8-9H2,1H3,(H,17,19,23)(H,18,20,24). The molecule has 8 nitrogen and oxygen atoms in total. The molecule has 0 saturated heterocycles. The molecule has 0 atom stereocenters. The van der Waals surface area contributed by atoms with Crippen molar-refractivity contribution in [2.24, 2.45) is 0 Å². The van der Waals surface area contributed by atoms with Gasteiger partial charge in [-0.1, -0.05) is 83.5 Å². The van der Waals surface area contributed by atoms with Crippen molar-refractivity contribution in [2.45, 2.75) is 22.0 Å². The number of nitrogens with zero attached hydrogens (tertiary/aromatic N) is 4. The van der Waals surface area contributed by atoms with E-state index >= 15 is 0 Å². The van der Waals surface area contributed by atoms with Gasteiger partial charge in [-0.3, -0.25) is 14.9 Å². The Hall–Kier alpha value is -2.02. The Labute approximate surface area is 178 Å². The Kier molecular flexibility index (Phi) is 7.77. The highest BCUT2D eigenvalue weighted by Crippen LogP contribution is 2.27. The first kappa shape index (κ1) is 20.7. The first-order valence-electron chi connectivity index (χ1n) is 8.18. The number of rotatable bonds is 9. The van der Waals surface area contributed by atoms with Crippen molar-refractivity contribution >= 4 is 68.3 Å². The molecule has 0 aliphatic rings. The average molecular weight is 453 g/mol. The van der Waals surface area contributed by atoms with E-state index < -0.39 is 0 Å². The lowest BCUT2D eigenvalue weighted by Crippen LogP contribution is -2.14. The minimum absolute atomic E-state index is 0.159. The van der Waals surface area contributed by atoms with Crippen LogP contribution in [0.1, 0.15) is 12.5 Å². The summed E-state index contributed by atoms with van der Waals surface area (Å²) in [5.41, 5.74) is 0.924. The molecule has 0 saturated carbocycles. The van der Waals surface area contributed by atoms with Gasteiger partial charge in [0.25, 0.3) is 0 Å². The summed E-state index contributed by atoms with van der Waals surface area (Å²) in [6.07, 6.45) is 0.269.